The Morgan fingerprint density at radius 2 is 2.00 bits per heavy atom. The van der Waals surface area contributed by atoms with E-state index in [2.05, 4.69) is 21.4 Å². The van der Waals surface area contributed by atoms with Crippen molar-refractivity contribution in [1.82, 2.24) is 5.43 Å². The first kappa shape index (κ1) is 15.4. The summed E-state index contributed by atoms with van der Waals surface area (Å²) in [5, 5.41) is 0.153. The highest BCUT2D eigenvalue weighted by Gasteiger charge is 2.16. The first-order valence-corrected chi connectivity index (χ1v) is 7.35. The fourth-order valence-corrected chi connectivity index (χ4v) is 2.77. The molecule has 1 unspecified atom stereocenters. The summed E-state index contributed by atoms with van der Waals surface area (Å²) in [5.41, 5.74) is 5.67. The molecule has 3 N–H and O–H groups in total. The van der Waals surface area contributed by atoms with E-state index in [9.17, 15) is 4.39 Å². The van der Waals surface area contributed by atoms with Crippen molar-refractivity contribution in [1.29, 1.82) is 0 Å². The Balaban J connectivity index is 2.34. The molecule has 0 heterocycles. The molecule has 0 saturated carbocycles. The standard InChI is InChI=1S/C15H15BrClFN2/c1-9-11(5-3-6-12(9)16)14(20-19)8-10-4-2-7-13(18)15(10)17/h2-7,14,20H,8,19H2,1H3. The van der Waals surface area contributed by atoms with Crippen molar-refractivity contribution in [2.75, 3.05) is 0 Å². The average molecular weight is 358 g/mol. The van der Waals surface area contributed by atoms with Crippen LogP contribution in [-0.2, 0) is 6.42 Å². The highest BCUT2D eigenvalue weighted by Crippen LogP contribution is 2.29. The van der Waals surface area contributed by atoms with Crippen LogP contribution in [0.3, 0.4) is 0 Å². The number of rotatable bonds is 4. The Labute approximate surface area is 131 Å². The minimum Gasteiger partial charge on any atom is -0.271 e. The van der Waals surface area contributed by atoms with Crippen molar-refractivity contribution < 1.29 is 4.39 Å². The molecule has 0 aliphatic rings. The van der Waals surface area contributed by atoms with Gasteiger partial charge in [0, 0.05) is 4.47 Å². The van der Waals surface area contributed by atoms with E-state index in [1.54, 1.807) is 6.07 Å². The summed E-state index contributed by atoms with van der Waals surface area (Å²) < 4.78 is 14.5. The quantitative estimate of drug-likeness (QED) is 0.632. The first-order chi connectivity index (χ1) is 9.54. The summed E-state index contributed by atoms with van der Waals surface area (Å²) >= 11 is 9.50. The third-order valence-corrected chi connectivity index (χ3v) is 4.62. The molecule has 2 aromatic rings. The molecule has 2 rings (SSSR count). The van der Waals surface area contributed by atoms with Crippen LogP contribution in [0, 0.1) is 12.7 Å². The van der Waals surface area contributed by atoms with Gasteiger partial charge >= 0.3 is 0 Å². The van der Waals surface area contributed by atoms with Crippen molar-refractivity contribution in [2.24, 2.45) is 5.84 Å². The van der Waals surface area contributed by atoms with E-state index in [-0.39, 0.29) is 11.1 Å². The second-order valence-electron chi connectivity index (χ2n) is 4.59. The minimum absolute atomic E-state index is 0.133. The normalized spacial score (nSPS) is 12.4. The number of hydrogen-bond donors (Lipinski definition) is 2. The lowest BCUT2D eigenvalue weighted by molar-refractivity contribution is 0.546. The molecule has 0 saturated heterocycles. The molecule has 0 spiro atoms. The molecule has 0 fully saturated rings. The molecular formula is C15H15BrClFN2. The summed E-state index contributed by atoms with van der Waals surface area (Å²) in [6.45, 7) is 2.01. The van der Waals surface area contributed by atoms with Gasteiger partial charge in [-0.3, -0.25) is 11.3 Å². The van der Waals surface area contributed by atoms with Crippen molar-refractivity contribution in [2.45, 2.75) is 19.4 Å². The molecular weight excluding hydrogens is 343 g/mol. The van der Waals surface area contributed by atoms with Crippen LogP contribution in [0.15, 0.2) is 40.9 Å². The number of halogens is 3. The van der Waals surface area contributed by atoms with Crippen LogP contribution in [0.5, 0.6) is 0 Å². The van der Waals surface area contributed by atoms with Gasteiger partial charge in [0.15, 0.2) is 0 Å². The molecule has 106 valence electrons. The van der Waals surface area contributed by atoms with E-state index >= 15 is 0 Å². The fourth-order valence-electron chi connectivity index (χ4n) is 2.19. The maximum Gasteiger partial charge on any atom is 0.142 e. The van der Waals surface area contributed by atoms with Gasteiger partial charge in [0.05, 0.1) is 11.1 Å². The first-order valence-electron chi connectivity index (χ1n) is 6.18. The van der Waals surface area contributed by atoms with Gasteiger partial charge in [0.25, 0.3) is 0 Å². The van der Waals surface area contributed by atoms with Crippen LogP contribution < -0.4 is 11.3 Å². The molecule has 0 bridgehead atoms. The third kappa shape index (κ3) is 3.20. The van der Waals surface area contributed by atoms with Gasteiger partial charge in [-0.25, -0.2) is 4.39 Å². The zero-order valence-corrected chi connectivity index (χ0v) is 13.3. The second kappa shape index (κ2) is 6.68. The van der Waals surface area contributed by atoms with Crippen molar-refractivity contribution >= 4 is 27.5 Å². The minimum atomic E-state index is -0.411. The van der Waals surface area contributed by atoms with E-state index in [1.165, 1.54) is 6.07 Å². The maximum absolute atomic E-state index is 13.5. The second-order valence-corrected chi connectivity index (χ2v) is 5.82. The Kier molecular flexibility index (Phi) is 5.16. The van der Waals surface area contributed by atoms with Gasteiger partial charge in [0.2, 0.25) is 0 Å². The molecule has 0 aromatic heterocycles. The summed E-state index contributed by atoms with van der Waals surface area (Å²) in [5.74, 6) is 5.25. The number of benzene rings is 2. The zero-order valence-electron chi connectivity index (χ0n) is 11.0. The Morgan fingerprint density at radius 3 is 2.70 bits per heavy atom. The molecule has 5 heteroatoms. The van der Waals surface area contributed by atoms with Gasteiger partial charge in [-0.1, -0.05) is 51.8 Å². The molecule has 0 aliphatic heterocycles. The largest absolute Gasteiger partial charge is 0.271 e. The SMILES string of the molecule is Cc1c(Br)cccc1C(Cc1cccc(F)c1Cl)NN. The van der Waals surface area contributed by atoms with E-state index in [1.807, 2.05) is 31.2 Å². The van der Waals surface area contributed by atoms with Crippen LogP contribution >= 0.6 is 27.5 Å². The predicted molar refractivity (Wildman–Crippen MR) is 84.1 cm³/mol. The molecule has 0 aliphatic carbocycles. The van der Waals surface area contributed by atoms with Crippen LogP contribution in [0.25, 0.3) is 0 Å². The Hall–Kier alpha value is -0.940. The van der Waals surface area contributed by atoms with E-state index in [4.69, 9.17) is 17.4 Å². The average Bonchev–Trinajstić information content (AvgIpc) is 2.44. The maximum atomic E-state index is 13.5. The van der Waals surface area contributed by atoms with Crippen LogP contribution in [0.1, 0.15) is 22.7 Å². The zero-order chi connectivity index (χ0) is 14.7. The van der Waals surface area contributed by atoms with Crippen molar-refractivity contribution in [3.63, 3.8) is 0 Å². The number of nitrogens with one attached hydrogen (secondary N) is 1. The van der Waals surface area contributed by atoms with E-state index in [0.29, 0.717) is 6.42 Å². The van der Waals surface area contributed by atoms with Gasteiger partial charge in [-0.05, 0) is 42.2 Å². The molecule has 20 heavy (non-hydrogen) atoms. The van der Waals surface area contributed by atoms with Crippen LogP contribution in [0.4, 0.5) is 4.39 Å². The van der Waals surface area contributed by atoms with Gasteiger partial charge in [-0.15, -0.1) is 0 Å². The van der Waals surface area contributed by atoms with E-state index in [0.717, 1.165) is 21.2 Å². The number of nitrogens with two attached hydrogens (primary N) is 1. The smallest absolute Gasteiger partial charge is 0.142 e. The summed E-state index contributed by atoms with van der Waals surface area (Å²) in [7, 11) is 0. The number of hydrogen-bond acceptors (Lipinski definition) is 2. The molecule has 1 atom stereocenters. The summed E-state index contributed by atoms with van der Waals surface area (Å²) in [4.78, 5) is 0. The molecule has 2 aromatic carbocycles. The third-order valence-electron chi connectivity index (χ3n) is 3.34. The number of hydrazine groups is 1. The van der Waals surface area contributed by atoms with Crippen LogP contribution in [-0.4, -0.2) is 0 Å². The monoisotopic (exact) mass is 356 g/mol. The lowest BCUT2D eigenvalue weighted by Crippen LogP contribution is -2.30. The molecule has 0 radical (unpaired) electrons. The van der Waals surface area contributed by atoms with Gasteiger partial charge in [-0.2, -0.15) is 0 Å². The molecule has 0 amide bonds. The van der Waals surface area contributed by atoms with E-state index < -0.39 is 5.82 Å². The highest BCUT2D eigenvalue weighted by molar-refractivity contribution is 9.10. The lowest BCUT2D eigenvalue weighted by Gasteiger charge is -2.20. The van der Waals surface area contributed by atoms with Gasteiger partial charge in [0.1, 0.15) is 5.82 Å². The van der Waals surface area contributed by atoms with Crippen molar-refractivity contribution in [3.05, 3.63) is 68.4 Å². The Morgan fingerprint density at radius 1 is 1.30 bits per heavy atom. The lowest BCUT2D eigenvalue weighted by atomic mass is 9.96. The van der Waals surface area contributed by atoms with Crippen molar-refractivity contribution in [3.8, 4) is 0 Å². The Bertz CT molecular complexity index is 619. The highest BCUT2D eigenvalue weighted by atomic mass is 79.9. The summed E-state index contributed by atoms with van der Waals surface area (Å²) in [6.07, 6.45) is 0.518. The van der Waals surface area contributed by atoms with Gasteiger partial charge < -0.3 is 0 Å². The predicted octanol–water partition coefficient (Wildman–Crippen LogP) is 4.30. The topological polar surface area (TPSA) is 38.0 Å². The summed E-state index contributed by atoms with van der Waals surface area (Å²) in [6, 6.07) is 10.6. The fraction of sp³-hybridized carbons (Fsp3) is 0.200. The molecule has 2 nitrogen and oxygen atoms in total. The van der Waals surface area contributed by atoms with Crippen LogP contribution in [0.2, 0.25) is 5.02 Å².